The molecule has 110 valence electrons. The number of nitrogen functional groups attached to an aromatic ring is 1. The van der Waals surface area contributed by atoms with Gasteiger partial charge in [-0.2, -0.15) is 0 Å². The average molecular weight is 281 g/mol. The van der Waals surface area contributed by atoms with Crippen molar-refractivity contribution in [1.29, 1.82) is 0 Å². The van der Waals surface area contributed by atoms with Crippen molar-refractivity contribution in [2.24, 2.45) is 5.92 Å². The van der Waals surface area contributed by atoms with Crippen LogP contribution in [-0.2, 0) is 4.79 Å². The smallest absolute Gasteiger partial charge is 0.311 e. The lowest BCUT2D eigenvalue weighted by atomic mass is 10.2. The zero-order chi connectivity index (χ0) is 15.1. The number of rotatable bonds is 7. The molecule has 0 atom stereocenters. The first kappa shape index (κ1) is 15.7. The zero-order valence-electron chi connectivity index (χ0n) is 11.5. The summed E-state index contributed by atoms with van der Waals surface area (Å²) < 4.78 is 0. The van der Waals surface area contributed by atoms with Crippen LogP contribution in [-0.4, -0.2) is 28.9 Å². The van der Waals surface area contributed by atoms with Gasteiger partial charge in [0.15, 0.2) is 0 Å². The topological polar surface area (TPSA) is 123 Å². The first-order valence-electron chi connectivity index (χ1n) is 6.31. The second-order valence-corrected chi connectivity index (χ2v) is 4.73. The van der Waals surface area contributed by atoms with Gasteiger partial charge in [-0.15, -0.1) is 0 Å². The lowest BCUT2D eigenvalue weighted by molar-refractivity contribution is -0.384. The van der Waals surface area contributed by atoms with Crippen molar-refractivity contribution < 1.29 is 9.72 Å². The van der Waals surface area contributed by atoms with Gasteiger partial charge in [-0.1, -0.05) is 13.8 Å². The number of carbonyl (C=O) groups excluding carboxylic acids is 1. The molecule has 1 aromatic rings. The Balaban J connectivity index is 2.41. The molecule has 1 aromatic heterocycles. The molecule has 8 nitrogen and oxygen atoms in total. The molecular weight excluding hydrogens is 262 g/mol. The number of anilines is 2. The average Bonchev–Trinajstić information content (AvgIpc) is 2.36. The fourth-order valence-corrected chi connectivity index (χ4v) is 1.43. The van der Waals surface area contributed by atoms with Crippen molar-refractivity contribution in [2.45, 2.75) is 20.3 Å². The van der Waals surface area contributed by atoms with E-state index in [1.54, 1.807) is 0 Å². The summed E-state index contributed by atoms with van der Waals surface area (Å²) in [5.74, 6) is 0.609. The minimum absolute atomic E-state index is 0.0546. The Labute approximate surface area is 116 Å². The van der Waals surface area contributed by atoms with E-state index in [9.17, 15) is 14.9 Å². The van der Waals surface area contributed by atoms with Crippen LogP contribution in [0.3, 0.4) is 0 Å². The fraction of sp³-hybridized carbons (Fsp3) is 0.500. The summed E-state index contributed by atoms with van der Waals surface area (Å²) in [7, 11) is 0. The second-order valence-electron chi connectivity index (χ2n) is 4.73. The lowest BCUT2D eigenvalue weighted by Gasteiger charge is -2.08. The number of nitrogens with zero attached hydrogens (tertiary/aromatic N) is 2. The summed E-state index contributed by atoms with van der Waals surface area (Å²) in [6.07, 6.45) is 0.297. The van der Waals surface area contributed by atoms with E-state index in [0.717, 1.165) is 0 Å². The van der Waals surface area contributed by atoms with Crippen molar-refractivity contribution in [3.8, 4) is 0 Å². The zero-order valence-corrected chi connectivity index (χ0v) is 11.5. The molecule has 1 heterocycles. The third kappa shape index (κ3) is 5.09. The molecule has 1 rings (SSSR count). The Morgan fingerprint density at radius 2 is 2.20 bits per heavy atom. The predicted octanol–water partition coefficient (Wildman–Crippen LogP) is 1.15. The van der Waals surface area contributed by atoms with E-state index in [1.165, 1.54) is 12.1 Å². The molecule has 1 amide bonds. The highest BCUT2D eigenvalue weighted by Crippen LogP contribution is 2.20. The molecule has 0 unspecified atom stereocenters. The largest absolute Gasteiger partial charge is 0.378 e. The highest BCUT2D eigenvalue weighted by Gasteiger charge is 2.12. The Hall–Kier alpha value is -2.38. The molecule has 0 bridgehead atoms. The molecule has 0 aliphatic rings. The Kier molecular flexibility index (Phi) is 5.70. The molecule has 4 N–H and O–H groups in total. The van der Waals surface area contributed by atoms with E-state index >= 15 is 0 Å². The van der Waals surface area contributed by atoms with E-state index < -0.39 is 4.92 Å². The van der Waals surface area contributed by atoms with E-state index in [2.05, 4.69) is 15.6 Å². The third-order valence-corrected chi connectivity index (χ3v) is 2.46. The Bertz CT molecular complexity index is 490. The first-order chi connectivity index (χ1) is 9.40. The molecule has 0 aliphatic carbocycles. The Morgan fingerprint density at radius 3 is 2.75 bits per heavy atom. The maximum Gasteiger partial charge on any atom is 0.311 e. The van der Waals surface area contributed by atoms with Crippen LogP contribution in [0.15, 0.2) is 12.1 Å². The van der Waals surface area contributed by atoms with Crippen molar-refractivity contribution in [3.05, 3.63) is 22.2 Å². The van der Waals surface area contributed by atoms with Gasteiger partial charge in [0.1, 0.15) is 5.82 Å². The van der Waals surface area contributed by atoms with Crippen molar-refractivity contribution in [3.63, 3.8) is 0 Å². The highest BCUT2D eigenvalue weighted by molar-refractivity contribution is 5.76. The van der Waals surface area contributed by atoms with Gasteiger partial charge in [-0.3, -0.25) is 14.9 Å². The minimum Gasteiger partial charge on any atom is -0.378 e. The maximum absolute atomic E-state index is 11.5. The number of hydrogen-bond acceptors (Lipinski definition) is 6. The second kappa shape index (κ2) is 7.27. The van der Waals surface area contributed by atoms with Crippen LogP contribution < -0.4 is 16.4 Å². The summed E-state index contributed by atoms with van der Waals surface area (Å²) in [6.45, 7) is 5.06. The minimum atomic E-state index is -0.592. The molecule has 20 heavy (non-hydrogen) atoms. The van der Waals surface area contributed by atoms with Gasteiger partial charge < -0.3 is 16.4 Å². The SMILES string of the molecule is CC(C)CNC(=O)CCNc1ccc([N+](=O)[O-])c(N)n1. The molecule has 0 spiro atoms. The summed E-state index contributed by atoms with van der Waals surface area (Å²) in [5.41, 5.74) is 5.23. The van der Waals surface area contributed by atoms with Gasteiger partial charge >= 0.3 is 5.69 Å². The number of nitrogens with one attached hydrogen (secondary N) is 2. The molecule has 0 aromatic carbocycles. The number of hydrogen-bond donors (Lipinski definition) is 3. The number of nitro groups is 1. The molecule has 0 fully saturated rings. The summed E-state index contributed by atoms with van der Waals surface area (Å²) >= 11 is 0. The molecule has 0 radical (unpaired) electrons. The third-order valence-electron chi connectivity index (χ3n) is 2.46. The van der Waals surface area contributed by atoms with Gasteiger partial charge in [-0.05, 0) is 12.0 Å². The van der Waals surface area contributed by atoms with Crippen LogP contribution >= 0.6 is 0 Å². The first-order valence-corrected chi connectivity index (χ1v) is 6.31. The highest BCUT2D eigenvalue weighted by atomic mass is 16.6. The molecule has 0 saturated carbocycles. The number of aromatic nitrogens is 1. The quantitative estimate of drug-likeness (QED) is 0.508. The molecule has 0 aliphatic heterocycles. The summed E-state index contributed by atoms with van der Waals surface area (Å²) in [5, 5.41) is 16.3. The van der Waals surface area contributed by atoms with Crippen molar-refractivity contribution in [2.75, 3.05) is 24.1 Å². The number of carbonyl (C=O) groups is 1. The van der Waals surface area contributed by atoms with E-state index in [0.29, 0.717) is 31.2 Å². The maximum atomic E-state index is 11.5. The van der Waals surface area contributed by atoms with Crippen molar-refractivity contribution in [1.82, 2.24) is 10.3 Å². The van der Waals surface area contributed by atoms with Crippen LogP contribution in [0.4, 0.5) is 17.3 Å². The van der Waals surface area contributed by atoms with Crippen LogP contribution in [0.25, 0.3) is 0 Å². The van der Waals surface area contributed by atoms with Crippen LogP contribution in [0.5, 0.6) is 0 Å². The standard InChI is InChI=1S/C12H19N5O3/c1-8(2)7-15-11(18)5-6-14-10-4-3-9(17(19)20)12(13)16-10/h3-4,8H,5-7H2,1-2H3,(H,15,18)(H3,13,14,16). The van der Waals surface area contributed by atoms with Gasteiger partial charge in [0.2, 0.25) is 11.7 Å². The van der Waals surface area contributed by atoms with Crippen LogP contribution in [0, 0.1) is 16.0 Å². The van der Waals surface area contributed by atoms with Crippen LogP contribution in [0.2, 0.25) is 0 Å². The molecule has 8 heteroatoms. The number of nitrogens with two attached hydrogens (primary N) is 1. The summed E-state index contributed by atoms with van der Waals surface area (Å²) in [6, 6.07) is 2.74. The van der Waals surface area contributed by atoms with E-state index in [4.69, 9.17) is 5.73 Å². The molecular formula is C12H19N5O3. The van der Waals surface area contributed by atoms with Gasteiger partial charge in [0.05, 0.1) is 4.92 Å². The molecule has 0 saturated heterocycles. The van der Waals surface area contributed by atoms with Gasteiger partial charge in [0.25, 0.3) is 0 Å². The fourth-order valence-electron chi connectivity index (χ4n) is 1.43. The van der Waals surface area contributed by atoms with Gasteiger partial charge in [0, 0.05) is 25.6 Å². The predicted molar refractivity (Wildman–Crippen MR) is 76.3 cm³/mol. The van der Waals surface area contributed by atoms with E-state index in [1.807, 2.05) is 13.8 Å². The van der Waals surface area contributed by atoms with Crippen LogP contribution in [0.1, 0.15) is 20.3 Å². The number of pyridine rings is 1. The number of amides is 1. The normalized spacial score (nSPS) is 10.3. The summed E-state index contributed by atoms with van der Waals surface area (Å²) in [4.78, 5) is 25.3. The lowest BCUT2D eigenvalue weighted by Crippen LogP contribution is -2.28. The Morgan fingerprint density at radius 1 is 1.50 bits per heavy atom. The van der Waals surface area contributed by atoms with Gasteiger partial charge in [-0.25, -0.2) is 4.98 Å². The van der Waals surface area contributed by atoms with E-state index in [-0.39, 0.29) is 17.4 Å². The monoisotopic (exact) mass is 281 g/mol. The van der Waals surface area contributed by atoms with Crippen molar-refractivity contribution >= 4 is 23.2 Å².